The van der Waals surface area contributed by atoms with E-state index >= 15 is 0 Å². The van der Waals surface area contributed by atoms with Gasteiger partial charge in [0.25, 0.3) is 0 Å². The molecule has 27 heavy (non-hydrogen) atoms. The molecule has 1 saturated heterocycles. The second-order valence-corrected chi connectivity index (χ2v) is 8.77. The molecular weight excluding hydrogens is 501 g/mol. The summed E-state index contributed by atoms with van der Waals surface area (Å²) in [5.74, 6) is 0.713. The van der Waals surface area contributed by atoms with Gasteiger partial charge in [0.2, 0.25) is 10.0 Å². The van der Waals surface area contributed by atoms with Crippen molar-refractivity contribution in [1.82, 2.24) is 20.3 Å². The number of morpholine rings is 1. The summed E-state index contributed by atoms with van der Waals surface area (Å²) in [7, 11) is -3.41. The van der Waals surface area contributed by atoms with Crippen molar-refractivity contribution in [2.75, 3.05) is 59.0 Å². The van der Waals surface area contributed by atoms with Gasteiger partial charge in [0.15, 0.2) is 5.96 Å². The number of nitrogens with one attached hydrogen (secondary N) is 3. The van der Waals surface area contributed by atoms with Crippen LogP contribution in [0.25, 0.3) is 0 Å². The van der Waals surface area contributed by atoms with Crippen LogP contribution in [0.2, 0.25) is 0 Å². The Labute approximate surface area is 183 Å². The maximum absolute atomic E-state index is 12.0. The summed E-state index contributed by atoms with van der Waals surface area (Å²) in [4.78, 5) is 6.93. The lowest BCUT2D eigenvalue weighted by Crippen LogP contribution is -2.41. The summed E-state index contributed by atoms with van der Waals surface area (Å²) >= 11 is 1.21. The molecule has 2 heterocycles. The molecular formula is C16H30IN5O3S2. The lowest BCUT2D eigenvalue weighted by atomic mass is 10.3. The Bertz CT molecular complexity index is 634. The molecule has 1 aromatic heterocycles. The van der Waals surface area contributed by atoms with Crippen LogP contribution in [0.3, 0.4) is 0 Å². The van der Waals surface area contributed by atoms with Gasteiger partial charge in [0.1, 0.15) is 4.21 Å². The van der Waals surface area contributed by atoms with Crippen LogP contribution < -0.4 is 15.4 Å². The number of rotatable bonds is 10. The van der Waals surface area contributed by atoms with E-state index in [-0.39, 0.29) is 24.0 Å². The maximum Gasteiger partial charge on any atom is 0.250 e. The number of hydrogen-bond acceptors (Lipinski definition) is 6. The zero-order chi connectivity index (χ0) is 18.7. The minimum atomic E-state index is -3.41. The Morgan fingerprint density at radius 2 is 2.07 bits per heavy atom. The minimum Gasteiger partial charge on any atom is -0.379 e. The van der Waals surface area contributed by atoms with E-state index in [1.54, 1.807) is 17.5 Å². The summed E-state index contributed by atoms with van der Waals surface area (Å²) in [6.45, 7) is 8.90. The molecule has 0 spiro atoms. The quantitative estimate of drug-likeness (QED) is 0.180. The summed E-state index contributed by atoms with van der Waals surface area (Å²) in [5, 5.41) is 8.08. The van der Waals surface area contributed by atoms with Crippen molar-refractivity contribution in [3.63, 3.8) is 0 Å². The van der Waals surface area contributed by atoms with Crippen LogP contribution in [0.4, 0.5) is 0 Å². The first-order chi connectivity index (χ1) is 12.6. The topological polar surface area (TPSA) is 95.1 Å². The summed E-state index contributed by atoms with van der Waals surface area (Å²) in [6.07, 6.45) is 0.988. The predicted molar refractivity (Wildman–Crippen MR) is 121 cm³/mol. The van der Waals surface area contributed by atoms with Gasteiger partial charge in [-0.1, -0.05) is 6.07 Å². The average molecular weight is 531 g/mol. The highest BCUT2D eigenvalue weighted by Crippen LogP contribution is 2.14. The Hall–Kier alpha value is -0.470. The number of aliphatic imine (C=N–C) groups is 1. The SMILES string of the molecule is CCNC(=NCCCN1CCOCC1)NCCNS(=O)(=O)c1cccs1.I. The minimum absolute atomic E-state index is 0. The molecule has 0 aliphatic carbocycles. The smallest absolute Gasteiger partial charge is 0.250 e. The summed E-state index contributed by atoms with van der Waals surface area (Å²) in [6, 6.07) is 3.32. The Morgan fingerprint density at radius 3 is 2.74 bits per heavy atom. The van der Waals surface area contributed by atoms with Crippen molar-refractivity contribution >= 4 is 51.3 Å². The monoisotopic (exact) mass is 531 g/mol. The Morgan fingerprint density at radius 1 is 1.30 bits per heavy atom. The van der Waals surface area contributed by atoms with E-state index in [4.69, 9.17) is 4.74 Å². The van der Waals surface area contributed by atoms with Crippen LogP contribution in [-0.4, -0.2) is 78.3 Å². The van der Waals surface area contributed by atoms with Gasteiger partial charge in [0, 0.05) is 45.8 Å². The lowest BCUT2D eigenvalue weighted by molar-refractivity contribution is 0.0377. The van der Waals surface area contributed by atoms with Crippen LogP contribution in [0.1, 0.15) is 13.3 Å². The Kier molecular flexibility index (Phi) is 12.4. The van der Waals surface area contributed by atoms with Crippen LogP contribution in [-0.2, 0) is 14.8 Å². The van der Waals surface area contributed by atoms with Crippen molar-refractivity contribution in [2.45, 2.75) is 17.6 Å². The standard InChI is InChI=1S/C16H29N5O3S2.HI/c1-2-17-16(18-6-4-9-21-10-12-24-13-11-21)19-7-8-20-26(22,23)15-5-3-14-25-15;/h3,5,14,20H,2,4,6-13H2,1H3,(H2,17,18,19);1H. The molecule has 0 atom stereocenters. The van der Waals surface area contributed by atoms with Crippen molar-refractivity contribution < 1.29 is 13.2 Å². The van der Waals surface area contributed by atoms with Crippen molar-refractivity contribution in [3.8, 4) is 0 Å². The molecule has 156 valence electrons. The third-order valence-electron chi connectivity index (χ3n) is 3.82. The van der Waals surface area contributed by atoms with Crippen LogP contribution in [0.15, 0.2) is 26.7 Å². The molecule has 0 unspecified atom stereocenters. The van der Waals surface area contributed by atoms with Gasteiger partial charge in [-0.15, -0.1) is 35.3 Å². The number of halogens is 1. The van der Waals surface area contributed by atoms with E-state index < -0.39 is 10.0 Å². The van der Waals surface area contributed by atoms with Crippen molar-refractivity contribution in [2.24, 2.45) is 4.99 Å². The molecule has 0 bridgehead atoms. The number of guanidine groups is 1. The molecule has 0 aromatic carbocycles. The lowest BCUT2D eigenvalue weighted by Gasteiger charge is -2.26. The second kappa shape index (κ2) is 13.7. The number of nitrogens with zero attached hydrogens (tertiary/aromatic N) is 2. The number of hydrogen-bond donors (Lipinski definition) is 3. The van der Waals surface area contributed by atoms with Crippen LogP contribution in [0.5, 0.6) is 0 Å². The predicted octanol–water partition coefficient (Wildman–Crippen LogP) is 0.922. The average Bonchev–Trinajstić information content (AvgIpc) is 3.19. The molecule has 0 saturated carbocycles. The number of sulfonamides is 1. The van der Waals surface area contributed by atoms with Gasteiger partial charge in [0.05, 0.1) is 13.2 Å². The van der Waals surface area contributed by atoms with Crippen molar-refractivity contribution in [1.29, 1.82) is 0 Å². The number of thiophene rings is 1. The fourth-order valence-electron chi connectivity index (χ4n) is 2.51. The van der Waals surface area contributed by atoms with Gasteiger partial charge in [-0.25, -0.2) is 13.1 Å². The molecule has 8 nitrogen and oxygen atoms in total. The third-order valence-corrected chi connectivity index (χ3v) is 6.68. The maximum atomic E-state index is 12.0. The van der Waals surface area contributed by atoms with Crippen LogP contribution in [0, 0.1) is 0 Å². The van der Waals surface area contributed by atoms with E-state index in [0.717, 1.165) is 52.4 Å². The highest BCUT2D eigenvalue weighted by atomic mass is 127. The first-order valence-corrected chi connectivity index (χ1v) is 11.3. The molecule has 1 aromatic rings. The normalized spacial score (nSPS) is 16.0. The Balaban J connectivity index is 0.00000364. The zero-order valence-electron chi connectivity index (χ0n) is 15.6. The second-order valence-electron chi connectivity index (χ2n) is 5.82. The molecule has 3 N–H and O–H groups in total. The molecule has 2 rings (SSSR count). The van der Waals surface area contributed by atoms with Crippen molar-refractivity contribution in [3.05, 3.63) is 17.5 Å². The molecule has 1 fully saturated rings. The van der Waals surface area contributed by atoms with E-state index in [0.29, 0.717) is 23.3 Å². The van der Waals surface area contributed by atoms with E-state index in [9.17, 15) is 8.42 Å². The van der Waals surface area contributed by atoms with E-state index in [1.807, 2.05) is 6.92 Å². The fourth-order valence-corrected chi connectivity index (χ4v) is 4.57. The molecule has 1 aliphatic heterocycles. The van der Waals surface area contributed by atoms with Gasteiger partial charge < -0.3 is 15.4 Å². The van der Waals surface area contributed by atoms with E-state index in [2.05, 4.69) is 25.2 Å². The first kappa shape index (κ1) is 24.6. The van der Waals surface area contributed by atoms with Gasteiger partial charge >= 0.3 is 0 Å². The van der Waals surface area contributed by atoms with Gasteiger partial charge in [-0.05, 0) is 24.8 Å². The summed E-state index contributed by atoms with van der Waals surface area (Å²) < 4.78 is 32.3. The largest absolute Gasteiger partial charge is 0.379 e. The van der Waals surface area contributed by atoms with Crippen LogP contribution >= 0.6 is 35.3 Å². The highest BCUT2D eigenvalue weighted by Gasteiger charge is 2.13. The van der Waals surface area contributed by atoms with E-state index in [1.165, 1.54) is 11.3 Å². The molecule has 0 amide bonds. The molecule has 1 aliphatic rings. The van der Waals surface area contributed by atoms with Gasteiger partial charge in [-0.2, -0.15) is 0 Å². The first-order valence-electron chi connectivity index (χ1n) is 8.97. The highest BCUT2D eigenvalue weighted by molar-refractivity contribution is 14.0. The van der Waals surface area contributed by atoms with Gasteiger partial charge in [-0.3, -0.25) is 9.89 Å². The molecule has 0 radical (unpaired) electrons. The number of ether oxygens (including phenoxy) is 1. The zero-order valence-corrected chi connectivity index (χ0v) is 19.6. The molecule has 11 heteroatoms. The third kappa shape index (κ3) is 9.52. The summed E-state index contributed by atoms with van der Waals surface area (Å²) in [5.41, 5.74) is 0. The fraction of sp³-hybridized carbons (Fsp3) is 0.688.